The van der Waals surface area contributed by atoms with Crippen LogP contribution in [0.4, 0.5) is 4.39 Å². The highest BCUT2D eigenvalue weighted by Gasteiger charge is 2.09. The third kappa shape index (κ3) is 3.58. The molecule has 1 heterocycles. The molecule has 2 nitrogen and oxygen atoms in total. The Morgan fingerprint density at radius 1 is 1.31 bits per heavy atom. The molecule has 1 aliphatic rings. The summed E-state index contributed by atoms with van der Waals surface area (Å²) in [5.74, 6) is -0.260. The van der Waals surface area contributed by atoms with Crippen molar-refractivity contribution in [3.63, 3.8) is 0 Å². The number of nitrogens with zero attached hydrogens (tertiary/aromatic N) is 1. The number of aryl methyl sites for hydroxylation is 1. The summed E-state index contributed by atoms with van der Waals surface area (Å²) < 4.78 is 18.1. The molecule has 0 bridgehead atoms. The van der Waals surface area contributed by atoms with Crippen molar-refractivity contribution in [3.05, 3.63) is 35.6 Å². The van der Waals surface area contributed by atoms with Gasteiger partial charge in [-0.3, -0.25) is 4.90 Å². The van der Waals surface area contributed by atoms with Crippen LogP contribution in [0.2, 0.25) is 0 Å². The lowest BCUT2D eigenvalue weighted by atomic mass is 10.1. The SMILES string of the molecule is Fc1[c]c(CCCN2CCOCC2)ccc1. The number of hydrogen-bond donors (Lipinski definition) is 0. The van der Waals surface area contributed by atoms with Gasteiger partial charge in [0.25, 0.3) is 0 Å². The van der Waals surface area contributed by atoms with Gasteiger partial charge in [-0.15, -0.1) is 0 Å². The molecular formula is C13H17FNO. The fourth-order valence-corrected chi connectivity index (χ4v) is 1.95. The Kier molecular flexibility index (Phi) is 4.31. The van der Waals surface area contributed by atoms with Crippen LogP contribution in [0.25, 0.3) is 0 Å². The maximum Gasteiger partial charge on any atom is 0.131 e. The second kappa shape index (κ2) is 5.97. The Bertz CT molecular complexity index is 323. The Labute approximate surface area is 96.0 Å². The molecule has 3 heteroatoms. The van der Waals surface area contributed by atoms with Gasteiger partial charge in [0.2, 0.25) is 0 Å². The van der Waals surface area contributed by atoms with Crippen LogP contribution in [0.5, 0.6) is 0 Å². The van der Waals surface area contributed by atoms with Crippen molar-refractivity contribution >= 4 is 0 Å². The zero-order chi connectivity index (χ0) is 11.2. The van der Waals surface area contributed by atoms with Crippen molar-refractivity contribution in [1.29, 1.82) is 0 Å². The zero-order valence-electron chi connectivity index (χ0n) is 9.42. The van der Waals surface area contributed by atoms with Crippen LogP contribution >= 0.6 is 0 Å². The fraction of sp³-hybridized carbons (Fsp3) is 0.538. The van der Waals surface area contributed by atoms with E-state index in [1.54, 1.807) is 6.07 Å². The third-order valence-electron chi connectivity index (χ3n) is 2.84. The molecule has 1 radical (unpaired) electrons. The molecule has 0 aromatic heterocycles. The lowest BCUT2D eigenvalue weighted by Gasteiger charge is -2.26. The molecule has 87 valence electrons. The van der Waals surface area contributed by atoms with Gasteiger partial charge in [0.1, 0.15) is 5.82 Å². The van der Waals surface area contributed by atoms with Gasteiger partial charge in [-0.2, -0.15) is 0 Å². The van der Waals surface area contributed by atoms with E-state index in [2.05, 4.69) is 11.0 Å². The van der Waals surface area contributed by atoms with E-state index in [-0.39, 0.29) is 5.82 Å². The smallest absolute Gasteiger partial charge is 0.131 e. The number of rotatable bonds is 4. The number of ether oxygens (including phenoxy) is 1. The molecule has 1 saturated heterocycles. The maximum atomic E-state index is 12.9. The maximum absolute atomic E-state index is 12.9. The largest absolute Gasteiger partial charge is 0.379 e. The van der Waals surface area contributed by atoms with E-state index in [1.165, 1.54) is 6.07 Å². The van der Waals surface area contributed by atoms with E-state index in [0.29, 0.717) is 0 Å². The standard InChI is InChI=1S/C13H17FNO/c14-13-5-1-3-12(11-13)4-2-6-15-7-9-16-10-8-15/h1,3,5H,2,4,6-10H2. The number of benzene rings is 1. The average Bonchev–Trinajstić information content (AvgIpc) is 2.30. The van der Waals surface area contributed by atoms with E-state index in [0.717, 1.165) is 51.3 Å². The van der Waals surface area contributed by atoms with Crippen LogP contribution in [0.15, 0.2) is 18.2 Å². The monoisotopic (exact) mass is 222 g/mol. The van der Waals surface area contributed by atoms with Gasteiger partial charge >= 0.3 is 0 Å². The van der Waals surface area contributed by atoms with Crippen LogP contribution in [0.1, 0.15) is 12.0 Å². The number of hydrogen-bond acceptors (Lipinski definition) is 2. The van der Waals surface area contributed by atoms with Crippen molar-refractivity contribution in [3.8, 4) is 0 Å². The molecule has 16 heavy (non-hydrogen) atoms. The highest BCUT2D eigenvalue weighted by atomic mass is 19.1. The quantitative estimate of drug-likeness (QED) is 0.771. The van der Waals surface area contributed by atoms with E-state index >= 15 is 0 Å². The van der Waals surface area contributed by atoms with Crippen LogP contribution in [0.3, 0.4) is 0 Å². The molecule has 1 aliphatic heterocycles. The summed E-state index contributed by atoms with van der Waals surface area (Å²) in [7, 11) is 0. The summed E-state index contributed by atoms with van der Waals surface area (Å²) in [5.41, 5.74) is 0.966. The minimum atomic E-state index is -0.260. The minimum Gasteiger partial charge on any atom is -0.379 e. The van der Waals surface area contributed by atoms with Crippen molar-refractivity contribution in [2.24, 2.45) is 0 Å². The van der Waals surface area contributed by atoms with Gasteiger partial charge < -0.3 is 4.74 Å². The van der Waals surface area contributed by atoms with E-state index < -0.39 is 0 Å². The van der Waals surface area contributed by atoms with Gasteiger partial charge in [-0.05, 0) is 31.0 Å². The van der Waals surface area contributed by atoms with Crippen molar-refractivity contribution < 1.29 is 9.13 Å². The Balaban J connectivity index is 1.71. The average molecular weight is 222 g/mol. The van der Waals surface area contributed by atoms with Gasteiger partial charge in [-0.1, -0.05) is 12.1 Å². The fourth-order valence-electron chi connectivity index (χ4n) is 1.95. The highest BCUT2D eigenvalue weighted by Crippen LogP contribution is 2.06. The molecule has 2 rings (SSSR count). The second-order valence-corrected chi connectivity index (χ2v) is 4.08. The summed E-state index contributed by atoms with van der Waals surface area (Å²) in [6, 6.07) is 7.85. The first-order chi connectivity index (χ1) is 7.84. The molecule has 0 aliphatic carbocycles. The van der Waals surface area contributed by atoms with E-state index in [1.807, 2.05) is 6.07 Å². The lowest BCUT2D eigenvalue weighted by Crippen LogP contribution is -2.36. The van der Waals surface area contributed by atoms with E-state index in [4.69, 9.17) is 4.74 Å². The highest BCUT2D eigenvalue weighted by molar-refractivity contribution is 5.14. The first-order valence-electron chi connectivity index (χ1n) is 5.81. The Morgan fingerprint density at radius 2 is 2.12 bits per heavy atom. The summed E-state index contributed by atoms with van der Waals surface area (Å²) >= 11 is 0. The van der Waals surface area contributed by atoms with E-state index in [9.17, 15) is 4.39 Å². The van der Waals surface area contributed by atoms with Gasteiger partial charge in [0.05, 0.1) is 13.2 Å². The molecule has 0 amide bonds. The summed E-state index contributed by atoms with van der Waals surface area (Å²) in [4.78, 5) is 2.39. The molecule has 0 unspecified atom stereocenters. The van der Waals surface area contributed by atoms with Crippen LogP contribution < -0.4 is 0 Å². The van der Waals surface area contributed by atoms with Gasteiger partial charge in [-0.25, -0.2) is 4.39 Å². The summed E-state index contributed by atoms with van der Waals surface area (Å²) in [5, 5.41) is 0. The molecule has 0 atom stereocenters. The number of morpholine rings is 1. The van der Waals surface area contributed by atoms with Gasteiger partial charge in [0, 0.05) is 19.2 Å². The van der Waals surface area contributed by atoms with Crippen molar-refractivity contribution in [2.75, 3.05) is 32.8 Å². The molecule has 0 spiro atoms. The van der Waals surface area contributed by atoms with Crippen LogP contribution in [-0.2, 0) is 11.2 Å². The summed E-state index contributed by atoms with van der Waals surface area (Å²) in [6.45, 7) is 4.78. The predicted octanol–water partition coefficient (Wildman–Crippen LogP) is 1.89. The van der Waals surface area contributed by atoms with Crippen LogP contribution in [-0.4, -0.2) is 37.7 Å². The topological polar surface area (TPSA) is 12.5 Å². The molecule has 0 N–H and O–H groups in total. The molecule has 1 aromatic carbocycles. The second-order valence-electron chi connectivity index (χ2n) is 4.08. The molecule has 1 aromatic rings. The van der Waals surface area contributed by atoms with Crippen molar-refractivity contribution in [2.45, 2.75) is 12.8 Å². The normalized spacial score (nSPS) is 17.6. The predicted molar refractivity (Wildman–Crippen MR) is 60.8 cm³/mol. The minimum absolute atomic E-state index is 0.260. The first-order valence-corrected chi connectivity index (χ1v) is 5.81. The van der Waals surface area contributed by atoms with Crippen LogP contribution in [0, 0.1) is 11.9 Å². The lowest BCUT2D eigenvalue weighted by molar-refractivity contribution is 0.0374. The molecule has 1 fully saturated rings. The molecule has 0 saturated carbocycles. The molecular weight excluding hydrogens is 205 g/mol. The third-order valence-corrected chi connectivity index (χ3v) is 2.84. The zero-order valence-corrected chi connectivity index (χ0v) is 9.42. The Morgan fingerprint density at radius 3 is 2.88 bits per heavy atom. The summed E-state index contributed by atoms with van der Waals surface area (Å²) in [6.07, 6.45) is 1.95. The Hall–Kier alpha value is -0.930. The first kappa shape index (κ1) is 11.6. The van der Waals surface area contributed by atoms with Crippen molar-refractivity contribution in [1.82, 2.24) is 4.90 Å². The number of halogens is 1. The van der Waals surface area contributed by atoms with Gasteiger partial charge in [0.15, 0.2) is 0 Å².